The average molecular weight is 433 g/mol. The van der Waals surface area contributed by atoms with E-state index in [0.717, 1.165) is 11.1 Å². The second-order valence-electron chi connectivity index (χ2n) is 7.68. The summed E-state index contributed by atoms with van der Waals surface area (Å²) in [5, 5.41) is 11.8. The van der Waals surface area contributed by atoms with E-state index in [2.05, 4.69) is 0 Å². The maximum atomic E-state index is 12.7. The van der Waals surface area contributed by atoms with E-state index < -0.39 is 11.6 Å². The Morgan fingerprint density at radius 1 is 1.17 bits per heavy atom. The fourth-order valence-corrected chi connectivity index (χ4v) is 4.88. The van der Waals surface area contributed by atoms with Crippen molar-refractivity contribution in [3.8, 4) is 0 Å². The molecule has 1 fully saturated rings. The maximum Gasteiger partial charge on any atom is 0.343 e. The lowest BCUT2D eigenvalue weighted by Gasteiger charge is -2.35. The molecule has 0 atom stereocenters. The molecule has 0 amide bonds. The number of halogens is 2. The minimum Gasteiger partial charge on any atom is -0.507 e. The van der Waals surface area contributed by atoms with Crippen LogP contribution in [0.1, 0.15) is 42.4 Å². The van der Waals surface area contributed by atoms with Crippen LogP contribution in [-0.4, -0.2) is 22.8 Å². The van der Waals surface area contributed by atoms with E-state index in [0.29, 0.717) is 47.9 Å². The predicted molar refractivity (Wildman–Crippen MR) is 113 cm³/mol. The van der Waals surface area contributed by atoms with Gasteiger partial charge in [-0.05, 0) is 55.9 Å². The van der Waals surface area contributed by atoms with Crippen molar-refractivity contribution in [1.82, 2.24) is 0 Å². The molecular formula is C23H22Cl2O4. The Bertz CT molecular complexity index is 937. The minimum atomic E-state index is -0.992. The zero-order valence-electron chi connectivity index (χ0n) is 16.1. The van der Waals surface area contributed by atoms with Gasteiger partial charge in [0.1, 0.15) is 5.57 Å². The topological polar surface area (TPSA) is 55.8 Å². The number of esters is 1. The summed E-state index contributed by atoms with van der Waals surface area (Å²) in [5.74, 6) is -0.574. The van der Waals surface area contributed by atoms with Crippen molar-refractivity contribution < 1.29 is 19.4 Å². The highest BCUT2D eigenvalue weighted by atomic mass is 35.5. The Kier molecular flexibility index (Phi) is 5.60. The van der Waals surface area contributed by atoms with Crippen LogP contribution >= 0.6 is 23.2 Å². The molecule has 0 radical (unpaired) electrons. The predicted octanol–water partition coefficient (Wildman–Crippen LogP) is 6.03. The first-order valence-corrected chi connectivity index (χ1v) is 10.4. The minimum absolute atomic E-state index is 0.0312. The number of aliphatic hydroxyl groups excluding tert-OH is 1. The third kappa shape index (κ3) is 3.89. The molecule has 1 heterocycles. The summed E-state index contributed by atoms with van der Waals surface area (Å²) in [4.78, 5) is 12.7. The second kappa shape index (κ2) is 8.02. The van der Waals surface area contributed by atoms with Gasteiger partial charge in [0.05, 0.1) is 17.7 Å². The molecule has 1 aliphatic heterocycles. The molecule has 2 aromatic carbocycles. The lowest BCUT2D eigenvalue weighted by atomic mass is 9.81. The summed E-state index contributed by atoms with van der Waals surface area (Å²) in [5.41, 5.74) is 1.48. The van der Waals surface area contributed by atoms with Gasteiger partial charge in [-0.2, -0.15) is 0 Å². The molecule has 0 saturated heterocycles. The fourth-order valence-electron chi connectivity index (χ4n) is 4.19. The highest BCUT2D eigenvalue weighted by Crippen LogP contribution is 2.47. The SMILES string of the molecule is Cc1cc(Cl)cc(Cl)c1C1=C(O)C2(CCC(OCc3ccccc3)CC2)OC1=O. The first-order chi connectivity index (χ1) is 13.9. The lowest BCUT2D eigenvalue weighted by Crippen LogP contribution is -2.39. The molecule has 2 aliphatic rings. The van der Waals surface area contributed by atoms with Crippen LogP contribution in [0.25, 0.3) is 5.57 Å². The van der Waals surface area contributed by atoms with Gasteiger partial charge >= 0.3 is 5.97 Å². The van der Waals surface area contributed by atoms with Crippen LogP contribution in [0.15, 0.2) is 48.2 Å². The fraction of sp³-hybridized carbons (Fsp3) is 0.348. The number of aryl methyl sites for hydroxylation is 1. The molecule has 0 unspecified atom stereocenters. The number of hydrogen-bond donors (Lipinski definition) is 1. The summed E-state index contributed by atoms with van der Waals surface area (Å²) >= 11 is 12.4. The van der Waals surface area contributed by atoms with E-state index in [1.165, 1.54) is 0 Å². The molecule has 6 heteroatoms. The second-order valence-corrected chi connectivity index (χ2v) is 8.53. The van der Waals surface area contributed by atoms with Crippen LogP contribution < -0.4 is 0 Å². The molecule has 1 aliphatic carbocycles. The zero-order chi connectivity index (χ0) is 20.6. The number of benzene rings is 2. The number of rotatable bonds is 4. The van der Waals surface area contributed by atoms with E-state index in [4.69, 9.17) is 32.7 Å². The van der Waals surface area contributed by atoms with E-state index in [9.17, 15) is 9.90 Å². The van der Waals surface area contributed by atoms with Gasteiger partial charge in [-0.25, -0.2) is 4.79 Å². The third-order valence-corrected chi connectivity index (χ3v) is 6.25. The van der Waals surface area contributed by atoms with Gasteiger partial charge < -0.3 is 14.6 Å². The van der Waals surface area contributed by atoms with Crippen LogP contribution in [0.2, 0.25) is 10.0 Å². The third-order valence-electron chi connectivity index (χ3n) is 5.73. The number of aliphatic hydroxyl groups is 1. The zero-order valence-corrected chi connectivity index (χ0v) is 17.6. The standard InChI is InChI=1S/C23H22Cl2O4/c1-14-11-16(24)12-18(25)19(14)20-21(26)23(29-22(20)27)9-7-17(8-10-23)28-13-15-5-3-2-4-6-15/h2-6,11-12,17,26H,7-10,13H2,1H3. The normalized spacial score (nSPS) is 24.2. The molecule has 1 N–H and O–H groups in total. The van der Waals surface area contributed by atoms with E-state index in [1.54, 1.807) is 19.1 Å². The molecule has 4 rings (SSSR count). The van der Waals surface area contributed by atoms with Crippen molar-refractivity contribution >= 4 is 34.7 Å². The van der Waals surface area contributed by atoms with Gasteiger partial charge in [-0.3, -0.25) is 0 Å². The van der Waals surface area contributed by atoms with Gasteiger partial charge in [0.15, 0.2) is 11.4 Å². The molecule has 1 spiro atoms. The molecular weight excluding hydrogens is 411 g/mol. The first kappa shape index (κ1) is 20.3. The van der Waals surface area contributed by atoms with Crippen molar-refractivity contribution in [1.29, 1.82) is 0 Å². The largest absolute Gasteiger partial charge is 0.507 e. The summed E-state index contributed by atoms with van der Waals surface area (Å²) in [6.45, 7) is 2.35. The highest BCUT2D eigenvalue weighted by molar-refractivity contribution is 6.37. The van der Waals surface area contributed by atoms with E-state index >= 15 is 0 Å². The number of hydrogen-bond acceptors (Lipinski definition) is 4. The van der Waals surface area contributed by atoms with Crippen molar-refractivity contribution in [3.05, 3.63) is 75.0 Å². The number of carbonyl (C=O) groups is 1. The van der Waals surface area contributed by atoms with Gasteiger partial charge in [0.2, 0.25) is 0 Å². The van der Waals surface area contributed by atoms with Gasteiger partial charge in [0, 0.05) is 10.6 Å². The van der Waals surface area contributed by atoms with Crippen LogP contribution in [0.4, 0.5) is 0 Å². The Labute approximate surface area is 180 Å². The van der Waals surface area contributed by atoms with Gasteiger partial charge in [-0.1, -0.05) is 53.5 Å². The van der Waals surface area contributed by atoms with Gasteiger partial charge in [-0.15, -0.1) is 0 Å². The maximum absolute atomic E-state index is 12.7. The van der Waals surface area contributed by atoms with Crippen LogP contribution in [0, 0.1) is 6.92 Å². The van der Waals surface area contributed by atoms with Crippen LogP contribution in [0.5, 0.6) is 0 Å². The summed E-state index contributed by atoms with van der Waals surface area (Å²) in [7, 11) is 0. The Balaban J connectivity index is 1.51. The molecule has 152 valence electrons. The van der Waals surface area contributed by atoms with E-state index in [1.807, 2.05) is 30.3 Å². The van der Waals surface area contributed by atoms with Crippen molar-refractivity contribution in [3.63, 3.8) is 0 Å². The smallest absolute Gasteiger partial charge is 0.343 e. The Morgan fingerprint density at radius 2 is 1.86 bits per heavy atom. The molecule has 4 nitrogen and oxygen atoms in total. The molecule has 0 aromatic heterocycles. The molecule has 1 saturated carbocycles. The van der Waals surface area contributed by atoms with Crippen LogP contribution in [-0.2, 0) is 20.9 Å². The first-order valence-electron chi connectivity index (χ1n) is 9.68. The van der Waals surface area contributed by atoms with Gasteiger partial charge in [0.25, 0.3) is 0 Å². The quantitative estimate of drug-likeness (QED) is 0.599. The summed E-state index contributed by atoms with van der Waals surface area (Å²) < 4.78 is 11.7. The number of carbonyl (C=O) groups excluding carboxylic acids is 1. The van der Waals surface area contributed by atoms with E-state index in [-0.39, 0.29) is 17.4 Å². The number of ether oxygens (including phenoxy) is 2. The average Bonchev–Trinajstić information content (AvgIpc) is 2.92. The van der Waals surface area contributed by atoms with Crippen molar-refractivity contribution in [2.75, 3.05) is 0 Å². The summed E-state index contributed by atoms with van der Waals surface area (Å²) in [6.07, 6.45) is 2.49. The Morgan fingerprint density at radius 3 is 2.52 bits per heavy atom. The Hall–Kier alpha value is -2.01. The molecule has 0 bridgehead atoms. The summed E-state index contributed by atoms with van der Waals surface area (Å²) in [6, 6.07) is 13.3. The van der Waals surface area contributed by atoms with Crippen molar-refractivity contribution in [2.45, 2.75) is 50.9 Å². The lowest BCUT2D eigenvalue weighted by molar-refractivity contribution is -0.152. The highest BCUT2D eigenvalue weighted by Gasteiger charge is 2.51. The molecule has 29 heavy (non-hydrogen) atoms. The van der Waals surface area contributed by atoms with Crippen LogP contribution in [0.3, 0.4) is 0 Å². The molecule has 2 aromatic rings. The monoisotopic (exact) mass is 432 g/mol. The van der Waals surface area contributed by atoms with Crippen molar-refractivity contribution in [2.24, 2.45) is 0 Å².